The van der Waals surface area contributed by atoms with Gasteiger partial charge >= 0.3 is 0 Å². The van der Waals surface area contributed by atoms with Crippen molar-refractivity contribution in [3.05, 3.63) is 83.8 Å². The minimum Gasteiger partial charge on any atom is -0.483 e. The number of aliphatic imine (C=N–C) groups is 1. The largest absolute Gasteiger partial charge is 0.483 e. The summed E-state index contributed by atoms with van der Waals surface area (Å²) >= 11 is 0. The molecule has 1 atom stereocenters. The summed E-state index contributed by atoms with van der Waals surface area (Å²) in [6.45, 7) is 6.46. The average molecular weight is 435 g/mol. The highest BCUT2D eigenvalue weighted by Crippen LogP contribution is 2.34. The molecule has 5 nitrogen and oxygen atoms in total. The molecule has 0 aromatic heterocycles. The van der Waals surface area contributed by atoms with Crippen LogP contribution < -0.4 is 5.73 Å². The number of likely N-dealkylation sites (tertiary alicyclic amines) is 1. The lowest BCUT2D eigenvalue weighted by Crippen LogP contribution is -2.44. The van der Waals surface area contributed by atoms with Gasteiger partial charge in [-0.15, -0.1) is 0 Å². The van der Waals surface area contributed by atoms with E-state index >= 15 is 0 Å². The van der Waals surface area contributed by atoms with E-state index in [0.29, 0.717) is 30.9 Å². The number of piperidine rings is 1. The minimum absolute atomic E-state index is 0.00438. The van der Waals surface area contributed by atoms with Crippen LogP contribution in [0.5, 0.6) is 0 Å². The Labute approximate surface area is 190 Å². The normalized spacial score (nSPS) is 17.4. The molecular weight excluding hydrogens is 403 g/mol. The molecule has 0 radical (unpaired) electrons. The first-order chi connectivity index (χ1) is 15.5. The number of hydrogen-bond donors (Lipinski definition) is 1. The highest BCUT2D eigenvalue weighted by molar-refractivity contribution is 5.86. The van der Waals surface area contributed by atoms with Crippen molar-refractivity contribution < 1.29 is 9.13 Å². The highest BCUT2D eigenvalue weighted by Gasteiger charge is 2.41. The van der Waals surface area contributed by atoms with Gasteiger partial charge in [-0.05, 0) is 49.1 Å². The third kappa shape index (κ3) is 6.03. The van der Waals surface area contributed by atoms with Crippen molar-refractivity contribution in [2.45, 2.75) is 31.7 Å². The number of allylic oxidation sites excluding steroid dienone is 1. The molecule has 2 aromatic rings. The fraction of sp³-hybridized carbons (Fsp3) is 0.385. The first-order valence-corrected chi connectivity index (χ1v) is 11.0. The number of halogens is 1. The summed E-state index contributed by atoms with van der Waals surface area (Å²) in [5.74, 6) is 0.133. The maximum Gasteiger partial charge on any atom is 0.208 e. The number of rotatable bonds is 8. The lowest BCUT2D eigenvalue weighted by atomic mass is 9.79. The van der Waals surface area contributed by atoms with E-state index in [0.717, 1.165) is 37.2 Å². The number of ether oxygens (including phenoxy) is 1. The molecule has 0 amide bonds. The predicted octanol–water partition coefficient (Wildman–Crippen LogP) is 4.62. The van der Waals surface area contributed by atoms with Crippen LogP contribution in [0.3, 0.4) is 0 Å². The van der Waals surface area contributed by atoms with Crippen molar-refractivity contribution in [2.75, 3.05) is 26.7 Å². The Morgan fingerprint density at radius 1 is 1.22 bits per heavy atom. The molecule has 0 bridgehead atoms. The van der Waals surface area contributed by atoms with Gasteiger partial charge in [0.15, 0.2) is 0 Å². The van der Waals surface area contributed by atoms with Gasteiger partial charge in [-0.3, -0.25) is 0 Å². The summed E-state index contributed by atoms with van der Waals surface area (Å²) in [7, 11) is 1.55. The van der Waals surface area contributed by atoms with E-state index in [4.69, 9.17) is 10.5 Å². The molecule has 1 aliphatic rings. The highest BCUT2D eigenvalue weighted by atomic mass is 19.1. The van der Waals surface area contributed by atoms with Gasteiger partial charge in [0.1, 0.15) is 11.2 Å². The second-order valence-corrected chi connectivity index (χ2v) is 8.33. The molecule has 2 aromatic carbocycles. The third-order valence-electron chi connectivity index (χ3n) is 6.09. The number of hydrogen-bond acceptors (Lipinski definition) is 5. The van der Waals surface area contributed by atoms with Crippen molar-refractivity contribution in [2.24, 2.45) is 16.1 Å². The Hall–Kier alpha value is -3.01. The van der Waals surface area contributed by atoms with Crippen LogP contribution in [0.1, 0.15) is 36.4 Å². The SMILES string of the molecule is C=C(Cc1ccc(F)cc1)N=C(OC)C1(C#N)CCN(CCC(N)c2ccccc2)CC1. The Bertz CT molecular complexity index is 958. The van der Waals surface area contributed by atoms with Gasteiger partial charge in [0, 0.05) is 31.2 Å². The Kier molecular flexibility index (Phi) is 8.15. The lowest BCUT2D eigenvalue weighted by molar-refractivity contribution is 0.161. The van der Waals surface area contributed by atoms with Crippen LogP contribution in [-0.4, -0.2) is 37.5 Å². The molecule has 0 spiro atoms. The van der Waals surface area contributed by atoms with Gasteiger partial charge in [0.2, 0.25) is 5.90 Å². The molecule has 1 heterocycles. The van der Waals surface area contributed by atoms with E-state index in [1.807, 2.05) is 18.2 Å². The van der Waals surface area contributed by atoms with Crippen LogP contribution in [0, 0.1) is 22.6 Å². The molecule has 2 N–H and O–H groups in total. The molecule has 1 fully saturated rings. The summed E-state index contributed by atoms with van der Waals surface area (Å²) in [5, 5.41) is 10.0. The minimum atomic E-state index is -0.765. The van der Waals surface area contributed by atoms with Crippen LogP contribution in [0.15, 0.2) is 71.9 Å². The number of nitrogens with two attached hydrogens (primary N) is 1. The molecule has 32 heavy (non-hydrogen) atoms. The van der Waals surface area contributed by atoms with E-state index in [9.17, 15) is 9.65 Å². The van der Waals surface area contributed by atoms with E-state index in [1.54, 1.807) is 19.2 Å². The van der Waals surface area contributed by atoms with Crippen LogP contribution >= 0.6 is 0 Å². The number of nitrogens with zero attached hydrogens (tertiary/aromatic N) is 3. The van der Waals surface area contributed by atoms with Gasteiger partial charge in [-0.2, -0.15) is 5.26 Å². The summed E-state index contributed by atoms with van der Waals surface area (Å²) in [6.07, 6.45) is 2.61. The quantitative estimate of drug-likeness (QED) is 0.486. The zero-order valence-corrected chi connectivity index (χ0v) is 18.6. The third-order valence-corrected chi connectivity index (χ3v) is 6.09. The monoisotopic (exact) mass is 434 g/mol. The average Bonchev–Trinajstić information content (AvgIpc) is 2.83. The van der Waals surface area contributed by atoms with Crippen molar-refractivity contribution in [1.29, 1.82) is 5.26 Å². The summed E-state index contributed by atoms with van der Waals surface area (Å²) in [4.78, 5) is 6.91. The molecule has 0 saturated carbocycles. The van der Waals surface area contributed by atoms with Gasteiger partial charge < -0.3 is 15.4 Å². The van der Waals surface area contributed by atoms with Crippen LogP contribution in [0.25, 0.3) is 0 Å². The van der Waals surface area contributed by atoms with Crippen molar-refractivity contribution in [3.8, 4) is 6.07 Å². The van der Waals surface area contributed by atoms with Crippen LogP contribution in [0.4, 0.5) is 4.39 Å². The number of nitriles is 1. The Balaban J connectivity index is 1.58. The smallest absolute Gasteiger partial charge is 0.208 e. The molecule has 1 saturated heterocycles. The van der Waals surface area contributed by atoms with Crippen molar-refractivity contribution in [1.82, 2.24) is 4.90 Å². The molecule has 0 aliphatic carbocycles. The maximum atomic E-state index is 13.1. The van der Waals surface area contributed by atoms with E-state index in [2.05, 4.69) is 34.7 Å². The fourth-order valence-electron chi connectivity index (χ4n) is 4.09. The van der Waals surface area contributed by atoms with Crippen LogP contribution in [0.2, 0.25) is 0 Å². The second kappa shape index (κ2) is 11.0. The molecule has 168 valence electrons. The summed E-state index contributed by atoms with van der Waals surface area (Å²) < 4.78 is 18.7. The molecule has 1 unspecified atom stereocenters. The fourth-order valence-corrected chi connectivity index (χ4v) is 4.09. The summed E-state index contributed by atoms with van der Waals surface area (Å²) in [5.41, 5.74) is 8.21. The molecule has 1 aliphatic heterocycles. The van der Waals surface area contributed by atoms with Gasteiger partial charge in [-0.25, -0.2) is 9.38 Å². The van der Waals surface area contributed by atoms with Crippen molar-refractivity contribution in [3.63, 3.8) is 0 Å². The van der Waals surface area contributed by atoms with Crippen LogP contribution in [-0.2, 0) is 11.2 Å². The van der Waals surface area contributed by atoms with E-state index in [-0.39, 0.29) is 11.9 Å². The first kappa shape index (κ1) is 23.6. The Morgan fingerprint density at radius 2 is 1.88 bits per heavy atom. The lowest BCUT2D eigenvalue weighted by Gasteiger charge is -2.37. The maximum absolute atomic E-state index is 13.1. The molecule has 6 heteroatoms. The van der Waals surface area contributed by atoms with E-state index < -0.39 is 5.41 Å². The predicted molar refractivity (Wildman–Crippen MR) is 125 cm³/mol. The first-order valence-electron chi connectivity index (χ1n) is 11.0. The zero-order chi connectivity index (χ0) is 23.0. The van der Waals surface area contributed by atoms with Gasteiger partial charge in [-0.1, -0.05) is 49.0 Å². The zero-order valence-electron chi connectivity index (χ0n) is 18.6. The van der Waals surface area contributed by atoms with Gasteiger partial charge in [0.05, 0.1) is 13.2 Å². The molecule has 3 rings (SSSR count). The molecular formula is C26H31FN4O. The van der Waals surface area contributed by atoms with Gasteiger partial charge in [0.25, 0.3) is 0 Å². The van der Waals surface area contributed by atoms with Crippen molar-refractivity contribution >= 4 is 5.90 Å². The standard InChI is InChI=1S/C26H31FN4O/c1-20(18-21-8-10-23(27)11-9-21)30-25(32-2)26(19-28)13-16-31(17-14-26)15-12-24(29)22-6-4-3-5-7-22/h3-11,24H,1,12-18,29H2,2H3. The summed E-state index contributed by atoms with van der Waals surface area (Å²) in [6, 6.07) is 18.8. The topological polar surface area (TPSA) is 74.6 Å². The second-order valence-electron chi connectivity index (χ2n) is 8.33. The Morgan fingerprint density at radius 3 is 2.47 bits per heavy atom. The van der Waals surface area contributed by atoms with E-state index in [1.165, 1.54) is 12.1 Å². The number of benzene rings is 2. The number of methoxy groups -OCH3 is 1.